The quantitative estimate of drug-likeness (QED) is 0.898. The van der Waals surface area contributed by atoms with Crippen LogP contribution in [0.4, 0.5) is 4.79 Å². The Bertz CT molecular complexity index is 787. The van der Waals surface area contributed by atoms with E-state index in [0.717, 1.165) is 16.3 Å². The van der Waals surface area contributed by atoms with E-state index >= 15 is 0 Å². The molecule has 1 saturated heterocycles. The van der Waals surface area contributed by atoms with Crippen LogP contribution < -0.4 is 10.6 Å². The standard InChI is InChI=1S/C18H20ClN3O2/c1-11(20-18(24)22-9-13(10-22)21-12(2)23)14-7-8-17(19)16-6-4-3-5-15(14)16/h3-8,11,13H,9-10H2,1-2H3,(H,20,24)(H,21,23). The van der Waals surface area contributed by atoms with Crippen molar-refractivity contribution in [2.45, 2.75) is 25.9 Å². The summed E-state index contributed by atoms with van der Waals surface area (Å²) in [6, 6.07) is 11.5. The lowest BCUT2D eigenvalue weighted by Crippen LogP contribution is -2.62. The van der Waals surface area contributed by atoms with Gasteiger partial charge in [0.2, 0.25) is 5.91 Å². The van der Waals surface area contributed by atoms with Gasteiger partial charge in [-0.2, -0.15) is 0 Å². The number of hydrogen-bond acceptors (Lipinski definition) is 2. The third kappa shape index (κ3) is 3.31. The number of likely N-dealkylation sites (tertiary alicyclic amines) is 1. The number of halogens is 1. The molecule has 3 rings (SSSR count). The van der Waals surface area contributed by atoms with Crippen LogP contribution in [-0.4, -0.2) is 36.0 Å². The van der Waals surface area contributed by atoms with E-state index < -0.39 is 0 Å². The van der Waals surface area contributed by atoms with Crippen LogP contribution in [-0.2, 0) is 4.79 Å². The molecule has 5 nitrogen and oxygen atoms in total. The summed E-state index contributed by atoms with van der Waals surface area (Å²) in [5, 5.41) is 8.54. The van der Waals surface area contributed by atoms with Gasteiger partial charge in [-0.05, 0) is 23.9 Å². The Labute approximate surface area is 146 Å². The second-order valence-corrected chi connectivity index (χ2v) is 6.56. The molecule has 2 N–H and O–H groups in total. The van der Waals surface area contributed by atoms with Gasteiger partial charge in [0.25, 0.3) is 0 Å². The summed E-state index contributed by atoms with van der Waals surface area (Å²) in [4.78, 5) is 25.0. The van der Waals surface area contributed by atoms with Gasteiger partial charge in [0, 0.05) is 30.4 Å². The zero-order valence-electron chi connectivity index (χ0n) is 13.7. The van der Waals surface area contributed by atoms with Crippen molar-refractivity contribution in [3.05, 3.63) is 47.0 Å². The summed E-state index contributed by atoms with van der Waals surface area (Å²) in [5.41, 5.74) is 1.03. The normalized spacial score (nSPS) is 15.7. The average molecular weight is 346 g/mol. The smallest absolute Gasteiger partial charge is 0.318 e. The molecule has 6 heteroatoms. The molecule has 3 amide bonds. The van der Waals surface area contributed by atoms with E-state index in [-0.39, 0.29) is 24.0 Å². The molecular formula is C18H20ClN3O2. The van der Waals surface area contributed by atoms with Crippen LogP contribution in [0.2, 0.25) is 5.02 Å². The Hall–Kier alpha value is -2.27. The van der Waals surface area contributed by atoms with Crippen molar-refractivity contribution < 1.29 is 9.59 Å². The van der Waals surface area contributed by atoms with Gasteiger partial charge in [0.15, 0.2) is 0 Å². The van der Waals surface area contributed by atoms with Gasteiger partial charge in [0.1, 0.15) is 0 Å². The molecule has 1 aliphatic heterocycles. The number of carbonyl (C=O) groups is 2. The zero-order chi connectivity index (χ0) is 17.3. The molecule has 1 unspecified atom stereocenters. The van der Waals surface area contributed by atoms with Crippen molar-refractivity contribution in [1.82, 2.24) is 15.5 Å². The van der Waals surface area contributed by atoms with E-state index in [2.05, 4.69) is 10.6 Å². The van der Waals surface area contributed by atoms with Crippen molar-refractivity contribution in [2.75, 3.05) is 13.1 Å². The maximum absolute atomic E-state index is 12.3. The third-order valence-corrected chi connectivity index (χ3v) is 4.62. The first-order valence-corrected chi connectivity index (χ1v) is 8.33. The van der Waals surface area contributed by atoms with Crippen molar-refractivity contribution in [2.24, 2.45) is 0 Å². The highest BCUT2D eigenvalue weighted by Crippen LogP contribution is 2.30. The molecule has 0 aliphatic carbocycles. The minimum Gasteiger partial charge on any atom is -0.350 e. The predicted octanol–water partition coefficient (Wildman–Crippen LogP) is 3.08. The predicted molar refractivity (Wildman–Crippen MR) is 95.1 cm³/mol. The highest BCUT2D eigenvalue weighted by Gasteiger charge is 2.31. The van der Waals surface area contributed by atoms with Crippen LogP contribution in [0.5, 0.6) is 0 Å². The van der Waals surface area contributed by atoms with Gasteiger partial charge >= 0.3 is 6.03 Å². The summed E-state index contributed by atoms with van der Waals surface area (Å²) in [6.07, 6.45) is 0. The number of fused-ring (bicyclic) bond motifs is 1. The van der Waals surface area contributed by atoms with Crippen molar-refractivity contribution in [3.8, 4) is 0 Å². The third-order valence-electron chi connectivity index (χ3n) is 4.29. The van der Waals surface area contributed by atoms with Crippen LogP contribution in [0.3, 0.4) is 0 Å². The summed E-state index contributed by atoms with van der Waals surface area (Å²) in [6.45, 7) is 4.52. The fourth-order valence-electron chi connectivity index (χ4n) is 3.04. The van der Waals surface area contributed by atoms with Gasteiger partial charge in [-0.3, -0.25) is 4.79 Å². The molecule has 1 heterocycles. The van der Waals surface area contributed by atoms with Crippen LogP contribution in [0.25, 0.3) is 10.8 Å². The van der Waals surface area contributed by atoms with Crippen LogP contribution >= 0.6 is 11.6 Å². The molecule has 24 heavy (non-hydrogen) atoms. The topological polar surface area (TPSA) is 61.4 Å². The lowest BCUT2D eigenvalue weighted by atomic mass is 9.99. The fraction of sp³-hybridized carbons (Fsp3) is 0.333. The van der Waals surface area contributed by atoms with Crippen molar-refractivity contribution >= 4 is 34.3 Å². The maximum atomic E-state index is 12.3. The molecule has 0 aromatic heterocycles. The van der Waals surface area contributed by atoms with Gasteiger partial charge in [-0.1, -0.05) is 41.9 Å². The second kappa shape index (κ2) is 6.69. The molecular weight excluding hydrogens is 326 g/mol. The number of amides is 3. The molecule has 2 aromatic carbocycles. The average Bonchev–Trinajstić information content (AvgIpc) is 2.50. The largest absolute Gasteiger partial charge is 0.350 e. The lowest BCUT2D eigenvalue weighted by Gasteiger charge is -2.39. The first-order valence-electron chi connectivity index (χ1n) is 7.95. The zero-order valence-corrected chi connectivity index (χ0v) is 14.4. The van der Waals surface area contributed by atoms with Gasteiger partial charge in [0.05, 0.1) is 12.1 Å². The van der Waals surface area contributed by atoms with E-state index in [0.29, 0.717) is 18.1 Å². The molecule has 0 bridgehead atoms. The molecule has 0 spiro atoms. The second-order valence-electron chi connectivity index (χ2n) is 6.16. The fourth-order valence-corrected chi connectivity index (χ4v) is 3.27. The molecule has 1 atom stereocenters. The number of urea groups is 1. The number of benzene rings is 2. The monoisotopic (exact) mass is 345 g/mol. The molecule has 2 aromatic rings. The highest BCUT2D eigenvalue weighted by atomic mass is 35.5. The lowest BCUT2D eigenvalue weighted by molar-refractivity contribution is -0.120. The van der Waals surface area contributed by atoms with E-state index in [4.69, 9.17) is 11.6 Å². The Morgan fingerprint density at radius 2 is 1.83 bits per heavy atom. The van der Waals surface area contributed by atoms with Crippen molar-refractivity contribution in [1.29, 1.82) is 0 Å². The number of nitrogens with one attached hydrogen (secondary N) is 2. The summed E-state index contributed by atoms with van der Waals surface area (Å²) in [5.74, 6) is -0.0685. The summed E-state index contributed by atoms with van der Waals surface area (Å²) >= 11 is 6.25. The minimum atomic E-state index is -0.139. The van der Waals surface area contributed by atoms with E-state index in [1.807, 2.05) is 43.3 Å². The van der Waals surface area contributed by atoms with Gasteiger partial charge in [-0.25, -0.2) is 4.79 Å². The van der Waals surface area contributed by atoms with Gasteiger partial charge in [-0.15, -0.1) is 0 Å². The first kappa shape index (κ1) is 16.6. The molecule has 0 radical (unpaired) electrons. The molecule has 1 fully saturated rings. The van der Waals surface area contributed by atoms with Crippen molar-refractivity contribution in [3.63, 3.8) is 0 Å². The summed E-state index contributed by atoms with van der Waals surface area (Å²) in [7, 11) is 0. The Balaban J connectivity index is 1.68. The number of nitrogens with zero attached hydrogens (tertiary/aromatic N) is 1. The molecule has 126 valence electrons. The number of rotatable bonds is 3. The Morgan fingerprint density at radius 3 is 2.50 bits per heavy atom. The Kier molecular flexibility index (Phi) is 4.62. The SMILES string of the molecule is CC(=O)NC1CN(C(=O)NC(C)c2ccc(Cl)c3ccccc23)C1. The van der Waals surface area contributed by atoms with E-state index in [9.17, 15) is 9.59 Å². The molecule has 0 saturated carbocycles. The maximum Gasteiger partial charge on any atom is 0.318 e. The van der Waals surface area contributed by atoms with E-state index in [1.54, 1.807) is 4.90 Å². The van der Waals surface area contributed by atoms with Crippen LogP contribution in [0, 0.1) is 0 Å². The van der Waals surface area contributed by atoms with Crippen LogP contribution in [0.15, 0.2) is 36.4 Å². The number of hydrogen-bond donors (Lipinski definition) is 2. The minimum absolute atomic E-state index is 0.0555. The molecule has 1 aliphatic rings. The van der Waals surface area contributed by atoms with Gasteiger partial charge < -0.3 is 15.5 Å². The van der Waals surface area contributed by atoms with Crippen LogP contribution in [0.1, 0.15) is 25.5 Å². The Morgan fingerprint density at radius 1 is 1.17 bits per heavy atom. The van der Waals surface area contributed by atoms with E-state index in [1.165, 1.54) is 6.92 Å². The summed E-state index contributed by atoms with van der Waals surface area (Å²) < 4.78 is 0. The highest BCUT2D eigenvalue weighted by molar-refractivity contribution is 6.35. The first-order chi connectivity index (χ1) is 11.5. The number of carbonyl (C=O) groups excluding carboxylic acids is 2.